The SMILES string of the molecule is Cc1ccc(C)c(N(CC(C)C)S(=O)(=O)c2ccc3c(c2)CNN3CC2CCOCC2)c1. The molecule has 2 aliphatic rings. The number of fused-ring (bicyclic) bond motifs is 1. The van der Waals surface area contributed by atoms with Crippen molar-refractivity contribution < 1.29 is 13.2 Å². The molecule has 0 aromatic heterocycles. The molecular weight excluding hydrogens is 422 g/mol. The van der Waals surface area contributed by atoms with E-state index in [4.69, 9.17) is 4.74 Å². The molecule has 174 valence electrons. The number of nitrogens with zero attached hydrogens (tertiary/aromatic N) is 2. The molecule has 2 heterocycles. The minimum absolute atomic E-state index is 0.204. The highest BCUT2D eigenvalue weighted by atomic mass is 32.2. The third kappa shape index (κ3) is 4.80. The van der Waals surface area contributed by atoms with E-state index in [0.717, 1.165) is 60.7 Å². The summed E-state index contributed by atoms with van der Waals surface area (Å²) in [7, 11) is -3.68. The van der Waals surface area contributed by atoms with Crippen molar-refractivity contribution >= 4 is 21.4 Å². The number of rotatable bonds is 7. The van der Waals surface area contributed by atoms with Gasteiger partial charge in [0.05, 0.1) is 16.3 Å². The van der Waals surface area contributed by atoms with Crippen LogP contribution in [0.2, 0.25) is 0 Å². The van der Waals surface area contributed by atoms with E-state index >= 15 is 0 Å². The lowest BCUT2D eigenvalue weighted by Gasteiger charge is -2.29. The molecule has 0 unspecified atom stereocenters. The van der Waals surface area contributed by atoms with Gasteiger partial charge in [0.2, 0.25) is 0 Å². The first-order valence-electron chi connectivity index (χ1n) is 11.6. The van der Waals surface area contributed by atoms with Crippen molar-refractivity contribution in [3.8, 4) is 0 Å². The molecule has 0 aliphatic carbocycles. The molecule has 0 bridgehead atoms. The minimum atomic E-state index is -3.68. The summed E-state index contributed by atoms with van der Waals surface area (Å²) in [6, 6.07) is 11.6. The number of ether oxygens (including phenoxy) is 1. The molecule has 32 heavy (non-hydrogen) atoms. The largest absolute Gasteiger partial charge is 0.381 e. The predicted molar refractivity (Wildman–Crippen MR) is 129 cm³/mol. The molecule has 4 rings (SSSR count). The Morgan fingerprint density at radius 3 is 2.59 bits per heavy atom. The highest BCUT2D eigenvalue weighted by Gasteiger charge is 2.30. The zero-order valence-electron chi connectivity index (χ0n) is 19.6. The first-order valence-corrected chi connectivity index (χ1v) is 13.0. The van der Waals surface area contributed by atoms with Gasteiger partial charge in [0.1, 0.15) is 0 Å². The van der Waals surface area contributed by atoms with Gasteiger partial charge in [-0.2, -0.15) is 0 Å². The summed E-state index contributed by atoms with van der Waals surface area (Å²) in [6.45, 7) is 11.7. The smallest absolute Gasteiger partial charge is 0.264 e. The fourth-order valence-electron chi connectivity index (χ4n) is 4.52. The molecule has 2 aromatic rings. The monoisotopic (exact) mass is 457 g/mol. The van der Waals surface area contributed by atoms with Crippen molar-refractivity contribution in [1.82, 2.24) is 5.43 Å². The Balaban J connectivity index is 1.63. The Hall–Kier alpha value is -2.09. The second-order valence-electron chi connectivity index (χ2n) is 9.51. The fraction of sp³-hybridized carbons (Fsp3) is 0.520. The number of nitrogens with one attached hydrogen (secondary N) is 1. The lowest BCUT2D eigenvalue weighted by atomic mass is 10.00. The van der Waals surface area contributed by atoms with Crippen LogP contribution in [0.5, 0.6) is 0 Å². The highest BCUT2D eigenvalue weighted by Crippen LogP contribution is 2.33. The average molecular weight is 458 g/mol. The first kappa shape index (κ1) is 23.1. The first-order chi connectivity index (χ1) is 15.3. The van der Waals surface area contributed by atoms with Crippen molar-refractivity contribution in [3.05, 3.63) is 53.1 Å². The number of aryl methyl sites for hydroxylation is 2. The van der Waals surface area contributed by atoms with Gasteiger partial charge in [-0.15, -0.1) is 0 Å². The molecule has 0 spiro atoms. The van der Waals surface area contributed by atoms with Gasteiger partial charge in [-0.25, -0.2) is 13.8 Å². The third-order valence-corrected chi connectivity index (χ3v) is 8.11. The van der Waals surface area contributed by atoms with E-state index in [1.165, 1.54) is 0 Å². The molecule has 0 saturated carbocycles. The molecular formula is C25H35N3O3S. The molecule has 7 heteroatoms. The second-order valence-corrected chi connectivity index (χ2v) is 11.4. The van der Waals surface area contributed by atoms with Crippen LogP contribution >= 0.6 is 0 Å². The molecule has 2 aromatic carbocycles. The molecule has 6 nitrogen and oxygen atoms in total. The quantitative estimate of drug-likeness (QED) is 0.668. The van der Waals surface area contributed by atoms with E-state index in [0.29, 0.717) is 23.9 Å². The Morgan fingerprint density at radius 1 is 1.12 bits per heavy atom. The van der Waals surface area contributed by atoms with Gasteiger partial charge >= 0.3 is 0 Å². The van der Waals surface area contributed by atoms with Crippen LogP contribution in [0, 0.1) is 25.7 Å². The lowest BCUT2D eigenvalue weighted by Crippen LogP contribution is -2.38. The average Bonchev–Trinajstić information content (AvgIpc) is 3.16. The van der Waals surface area contributed by atoms with Crippen LogP contribution in [-0.2, 0) is 21.3 Å². The lowest BCUT2D eigenvalue weighted by molar-refractivity contribution is 0.0677. The van der Waals surface area contributed by atoms with Gasteiger partial charge in [-0.05, 0) is 79.5 Å². The fourth-order valence-corrected chi connectivity index (χ4v) is 6.25. The molecule has 0 radical (unpaired) electrons. The number of hydrogen-bond donors (Lipinski definition) is 1. The Labute approximate surface area is 192 Å². The molecule has 1 N–H and O–H groups in total. The van der Waals surface area contributed by atoms with Crippen molar-refractivity contribution in [2.45, 2.75) is 52.0 Å². The summed E-state index contributed by atoms with van der Waals surface area (Å²) in [5.74, 6) is 0.798. The summed E-state index contributed by atoms with van der Waals surface area (Å²) in [4.78, 5) is 0.354. The number of hydrazine groups is 1. The van der Waals surface area contributed by atoms with Crippen LogP contribution in [0.4, 0.5) is 11.4 Å². The van der Waals surface area contributed by atoms with Gasteiger partial charge in [-0.1, -0.05) is 26.0 Å². The van der Waals surface area contributed by atoms with E-state index in [-0.39, 0.29) is 5.92 Å². The van der Waals surface area contributed by atoms with Crippen LogP contribution in [-0.4, -0.2) is 34.7 Å². The van der Waals surface area contributed by atoms with Gasteiger partial charge in [-0.3, -0.25) is 4.31 Å². The third-order valence-electron chi connectivity index (χ3n) is 6.34. The zero-order valence-corrected chi connectivity index (χ0v) is 20.4. The normalized spacial score (nSPS) is 17.1. The molecule has 2 aliphatic heterocycles. The van der Waals surface area contributed by atoms with E-state index in [9.17, 15) is 8.42 Å². The van der Waals surface area contributed by atoms with E-state index < -0.39 is 10.0 Å². The highest BCUT2D eigenvalue weighted by molar-refractivity contribution is 7.92. The summed E-state index contributed by atoms with van der Waals surface area (Å²) >= 11 is 0. The van der Waals surface area contributed by atoms with Gasteiger partial charge in [0, 0.05) is 32.8 Å². The molecule has 0 amide bonds. The van der Waals surface area contributed by atoms with Crippen LogP contribution in [0.3, 0.4) is 0 Å². The van der Waals surface area contributed by atoms with Gasteiger partial charge in [0.15, 0.2) is 0 Å². The van der Waals surface area contributed by atoms with Crippen LogP contribution in [0.1, 0.15) is 43.4 Å². The minimum Gasteiger partial charge on any atom is -0.381 e. The topological polar surface area (TPSA) is 61.9 Å². The predicted octanol–water partition coefficient (Wildman–Crippen LogP) is 4.41. The second kappa shape index (κ2) is 9.41. The van der Waals surface area contributed by atoms with E-state index in [2.05, 4.69) is 24.3 Å². The number of anilines is 2. The molecule has 1 saturated heterocycles. The summed E-state index contributed by atoms with van der Waals surface area (Å²) < 4.78 is 34.7. The standard InChI is InChI=1S/C25H35N3O3S/c1-18(2)16-28(25-13-19(3)5-6-20(25)4)32(29,30)23-7-8-24-22(14-23)15-26-27(24)17-21-9-11-31-12-10-21/h5-8,13-14,18,21,26H,9-12,15-17H2,1-4H3. The van der Waals surface area contributed by atoms with Crippen LogP contribution in [0.25, 0.3) is 0 Å². The summed E-state index contributed by atoms with van der Waals surface area (Å²) in [6.07, 6.45) is 2.14. The van der Waals surface area contributed by atoms with E-state index in [1.54, 1.807) is 10.4 Å². The summed E-state index contributed by atoms with van der Waals surface area (Å²) in [5.41, 5.74) is 8.33. The van der Waals surface area contributed by atoms with Gasteiger partial charge in [0.25, 0.3) is 10.0 Å². The number of benzene rings is 2. The Bertz CT molecular complexity index is 1060. The van der Waals surface area contributed by atoms with Crippen molar-refractivity contribution in [3.63, 3.8) is 0 Å². The molecule has 0 atom stereocenters. The number of hydrogen-bond acceptors (Lipinski definition) is 5. The molecule has 1 fully saturated rings. The maximum absolute atomic E-state index is 13.8. The zero-order chi connectivity index (χ0) is 22.9. The van der Waals surface area contributed by atoms with E-state index in [1.807, 2.05) is 44.2 Å². The Kier molecular flexibility index (Phi) is 6.79. The summed E-state index contributed by atoms with van der Waals surface area (Å²) in [5, 5.41) is 2.18. The Morgan fingerprint density at radius 2 is 1.88 bits per heavy atom. The van der Waals surface area contributed by atoms with Crippen LogP contribution in [0.15, 0.2) is 41.3 Å². The number of sulfonamides is 1. The van der Waals surface area contributed by atoms with Crippen molar-refractivity contribution in [2.24, 2.45) is 11.8 Å². The van der Waals surface area contributed by atoms with Gasteiger partial charge < -0.3 is 9.75 Å². The van der Waals surface area contributed by atoms with Crippen molar-refractivity contribution in [1.29, 1.82) is 0 Å². The van der Waals surface area contributed by atoms with Crippen molar-refractivity contribution in [2.75, 3.05) is 35.6 Å². The van der Waals surface area contributed by atoms with Crippen LogP contribution < -0.4 is 14.7 Å². The maximum Gasteiger partial charge on any atom is 0.264 e. The maximum atomic E-state index is 13.8.